The molecular formula is C22H29N2O4+. The minimum atomic E-state index is -0.00200. The average Bonchev–Trinajstić information content (AvgIpc) is 2.95. The molecule has 0 saturated carbocycles. The van der Waals surface area contributed by atoms with Gasteiger partial charge in [0.25, 0.3) is 0 Å². The van der Waals surface area contributed by atoms with Crippen LogP contribution in [0.4, 0.5) is 5.69 Å². The number of rotatable bonds is 6. The van der Waals surface area contributed by atoms with E-state index in [-0.39, 0.29) is 11.5 Å². The molecule has 1 aliphatic carbocycles. The van der Waals surface area contributed by atoms with Gasteiger partial charge in [0.15, 0.2) is 11.5 Å². The molecule has 0 amide bonds. The summed E-state index contributed by atoms with van der Waals surface area (Å²) in [6.45, 7) is 2.67. The highest BCUT2D eigenvalue weighted by atomic mass is 16.5. The minimum Gasteiger partial charge on any atom is -0.493 e. The van der Waals surface area contributed by atoms with Gasteiger partial charge in [-0.25, -0.2) is 0 Å². The minimum absolute atomic E-state index is 0.00200. The van der Waals surface area contributed by atoms with Gasteiger partial charge in [-0.1, -0.05) is 6.07 Å². The molecule has 0 saturated heterocycles. The Bertz CT molecular complexity index is 927. The van der Waals surface area contributed by atoms with Gasteiger partial charge in [0, 0.05) is 24.1 Å². The number of ether oxygens (including phenoxy) is 3. The number of quaternary nitrogens is 1. The normalized spacial score (nSPS) is 15.1. The Hall–Kier alpha value is -2.73. The first-order valence-electron chi connectivity index (χ1n) is 9.63. The molecule has 0 bridgehead atoms. The van der Waals surface area contributed by atoms with Crippen LogP contribution in [0.3, 0.4) is 0 Å². The van der Waals surface area contributed by atoms with Crippen LogP contribution in [0.2, 0.25) is 0 Å². The molecule has 28 heavy (non-hydrogen) atoms. The van der Waals surface area contributed by atoms with Crippen LogP contribution in [-0.4, -0.2) is 34.9 Å². The summed E-state index contributed by atoms with van der Waals surface area (Å²) in [5, 5.41) is 5.33. The van der Waals surface area contributed by atoms with Crippen molar-refractivity contribution in [2.45, 2.75) is 25.8 Å². The number of hydrogen-bond donors (Lipinski definition) is 2. The fraction of sp³-hybridized carbons (Fsp3) is 0.409. The standard InChI is InChI=1S/C22H28N2O4/c1-6-24-17-10-8-14-15(12-18(17)25)16(23-2)9-7-13-11-19(26-3)21(27-4)22(28-5)20(13)14/h8,10-12,16,23H,6-7,9H2,1-5H3,(H,24,25)/p+1. The summed E-state index contributed by atoms with van der Waals surface area (Å²) >= 11 is 0. The third kappa shape index (κ3) is 3.40. The van der Waals surface area contributed by atoms with Crippen molar-refractivity contribution in [3.05, 3.63) is 45.6 Å². The highest BCUT2D eigenvalue weighted by molar-refractivity contribution is 5.82. The number of hydrogen-bond acceptors (Lipinski definition) is 5. The molecular weight excluding hydrogens is 356 g/mol. The summed E-state index contributed by atoms with van der Waals surface area (Å²) in [7, 11) is 6.92. The zero-order chi connectivity index (χ0) is 20.3. The van der Waals surface area contributed by atoms with Crippen LogP contribution in [0.1, 0.15) is 30.5 Å². The van der Waals surface area contributed by atoms with E-state index >= 15 is 0 Å². The van der Waals surface area contributed by atoms with Crippen molar-refractivity contribution < 1.29 is 19.5 Å². The molecule has 150 valence electrons. The molecule has 2 aromatic rings. The molecule has 6 heteroatoms. The first-order chi connectivity index (χ1) is 13.6. The Labute approximate surface area is 165 Å². The predicted octanol–water partition coefficient (Wildman–Crippen LogP) is 2.35. The molecule has 3 rings (SSSR count). The largest absolute Gasteiger partial charge is 0.493 e. The fourth-order valence-electron chi connectivity index (χ4n) is 4.02. The molecule has 3 N–H and O–H groups in total. The number of aryl methyl sites for hydroxylation is 1. The Morgan fingerprint density at radius 1 is 1.11 bits per heavy atom. The summed E-state index contributed by atoms with van der Waals surface area (Å²) in [6.07, 6.45) is 1.77. The van der Waals surface area contributed by atoms with E-state index in [2.05, 4.69) is 10.6 Å². The van der Waals surface area contributed by atoms with E-state index in [0.717, 1.165) is 35.1 Å². The van der Waals surface area contributed by atoms with Crippen LogP contribution < -0.4 is 30.3 Å². The molecule has 0 aromatic heterocycles. The molecule has 0 fully saturated rings. The van der Waals surface area contributed by atoms with Crippen LogP contribution in [0.25, 0.3) is 11.1 Å². The van der Waals surface area contributed by atoms with Crippen molar-refractivity contribution in [1.82, 2.24) is 0 Å². The highest BCUT2D eigenvalue weighted by Gasteiger charge is 2.29. The zero-order valence-electron chi connectivity index (χ0n) is 17.2. The van der Waals surface area contributed by atoms with Crippen molar-refractivity contribution in [2.75, 3.05) is 40.2 Å². The van der Waals surface area contributed by atoms with Gasteiger partial charge in [-0.15, -0.1) is 0 Å². The smallest absolute Gasteiger partial charge is 0.203 e. The number of fused-ring (bicyclic) bond motifs is 3. The number of methoxy groups -OCH3 is 3. The molecule has 6 nitrogen and oxygen atoms in total. The fourth-order valence-corrected chi connectivity index (χ4v) is 4.02. The van der Waals surface area contributed by atoms with Crippen LogP contribution in [-0.2, 0) is 6.42 Å². The van der Waals surface area contributed by atoms with Crippen molar-refractivity contribution in [3.8, 4) is 28.4 Å². The van der Waals surface area contributed by atoms with E-state index < -0.39 is 0 Å². The molecule has 1 unspecified atom stereocenters. The average molecular weight is 385 g/mol. The van der Waals surface area contributed by atoms with Gasteiger partial charge in [0.2, 0.25) is 11.2 Å². The quantitative estimate of drug-likeness (QED) is 0.799. The van der Waals surface area contributed by atoms with E-state index in [1.165, 1.54) is 0 Å². The lowest BCUT2D eigenvalue weighted by Gasteiger charge is -2.19. The third-order valence-corrected chi connectivity index (χ3v) is 5.35. The van der Waals surface area contributed by atoms with E-state index in [0.29, 0.717) is 29.5 Å². The van der Waals surface area contributed by atoms with Crippen molar-refractivity contribution >= 4 is 5.69 Å². The predicted molar refractivity (Wildman–Crippen MR) is 111 cm³/mol. The van der Waals surface area contributed by atoms with E-state index in [1.54, 1.807) is 27.4 Å². The van der Waals surface area contributed by atoms with Gasteiger partial charge in [-0.05, 0) is 42.7 Å². The Balaban J connectivity index is 2.40. The highest BCUT2D eigenvalue weighted by Crippen LogP contribution is 2.49. The first kappa shape index (κ1) is 20.0. The lowest BCUT2D eigenvalue weighted by Crippen LogP contribution is -2.81. The Morgan fingerprint density at radius 3 is 2.46 bits per heavy atom. The molecule has 0 aliphatic heterocycles. The van der Waals surface area contributed by atoms with Gasteiger partial charge < -0.3 is 24.8 Å². The molecule has 0 spiro atoms. The second-order valence-corrected chi connectivity index (χ2v) is 6.81. The van der Waals surface area contributed by atoms with E-state index in [4.69, 9.17) is 14.2 Å². The summed E-state index contributed by atoms with van der Waals surface area (Å²) in [4.78, 5) is 12.8. The molecule has 1 atom stereocenters. The van der Waals surface area contributed by atoms with Crippen LogP contribution in [0.5, 0.6) is 17.2 Å². The van der Waals surface area contributed by atoms with Gasteiger partial charge in [-0.3, -0.25) is 4.79 Å². The maximum atomic E-state index is 12.8. The Morgan fingerprint density at radius 2 is 1.86 bits per heavy atom. The van der Waals surface area contributed by atoms with Gasteiger partial charge in [0.05, 0.1) is 34.1 Å². The topological polar surface area (TPSA) is 73.4 Å². The maximum Gasteiger partial charge on any atom is 0.203 e. The summed E-state index contributed by atoms with van der Waals surface area (Å²) < 4.78 is 16.9. The summed E-state index contributed by atoms with van der Waals surface area (Å²) in [6, 6.07) is 7.85. The zero-order valence-corrected chi connectivity index (χ0v) is 17.2. The van der Waals surface area contributed by atoms with E-state index in [9.17, 15) is 4.79 Å². The second kappa shape index (κ2) is 8.52. The van der Waals surface area contributed by atoms with E-state index in [1.807, 2.05) is 32.2 Å². The maximum absolute atomic E-state index is 12.8. The summed E-state index contributed by atoms with van der Waals surface area (Å²) in [5.74, 6) is 1.85. The number of nitrogens with one attached hydrogen (secondary N) is 1. The monoisotopic (exact) mass is 385 g/mol. The third-order valence-electron chi connectivity index (χ3n) is 5.35. The number of anilines is 1. The van der Waals surface area contributed by atoms with Gasteiger partial charge >= 0.3 is 0 Å². The number of benzene rings is 1. The molecule has 2 aromatic carbocycles. The Kier molecular flexibility index (Phi) is 6.09. The lowest BCUT2D eigenvalue weighted by molar-refractivity contribution is -0.670. The number of nitrogens with two attached hydrogens (primary N) is 1. The van der Waals surface area contributed by atoms with Crippen molar-refractivity contribution in [3.63, 3.8) is 0 Å². The lowest BCUT2D eigenvalue weighted by atomic mass is 9.95. The molecule has 0 heterocycles. The van der Waals surface area contributed by atoms with Crippen molar-refractivity contribution in [2.24, 2.45) is 0 Å². The first-order valence-corrected chi connectivity index (χ1v) is 9.63. The van der Waals surface area contributed by atoms with Crippen LogP contribution in [0.15, 0.2) is 29.1 Å². The van der Waals surface area contributed by atoms with Crippen molar-refractivity contribution in [1.29, 1.82) is 0 Å². The molecule has 0 radical (unpaired) electrons. The van der Waals surface area contributed by atoms with Crippen LogP contribution in [0, 0.1) is 0 Å². The van der Waals surface area contributed by atoms with Gasteiger partial charge in [0.1, 0.15) is 6.04 Å². The second-order valence-electron chi connectivity index (χ2n) is 6.81. The van der Waals surface area contributed by atoms with Crippen LogP contribution >= 0.6 is 0 Å². The molecule has 1 aliphatic rings. The van der Waals surface area contributed by atoms with Gasteiger partial charge in [-0.2, -0.15) is 0 Å². The summed E-state index contributed by atoms with van der Waals surface area (Å²) in [5.41, 5.74) is 4.71. The SMILES string of the molecule is CCNc1ccc2c(cc1=O)C([NH2+]C)CCc1cc(OC)c(OC)c(OC)c1-2.